The Bertz CT molecular complexity index is 284. The van der Waals surface area contributed by atoms with Crippen LogP contribution in [0.3, 0.4) is 0 Å². The first-order valence-corrected chi connectivity index (χ1v) is 4.76. The van der Waals surface area contributed by atoms with Crippen molar-refractivity contribution in [1.29, 1.82) is 0 Å². The summed E-state index contributed by atoms with van der Waals surface area (Å²) < 4.78 is 1.74. The van der Waals surface area contributed by atoms with Crippen LogP contribution >= 0.6 is 0 Å². The van der Waals surface area contributed by atoms with Gasteiger partial charge in [0.2, 0.25) is 0 Å². The van der Waals surface area contributed by atoms with Crippen LogP contribution in [0.25, 0.3) is 0 Å². The highest BCUT2D eigenvalue weighted by Crippen LogP contribution is 2.29. The fourth-order valence-corrected chi connectivity index (χ4v) is 1.98. The van der Waals surface area contributed by atoms with E-state index in [1.165, 1.54) is 0 Å². The third-order valence-electron chi connectivity index (χ3n) is 2.71. The van der Waals surface area contributed by atoms with Crippen molar-refractivity contribution in [2.45, 2.75) is 37.8 Å². The van der Waals surface area contributed by atoms with E-state index in [0.29, 0.717) is 5.82 Å². The SMILES string of the molecule is Nc1ccnn1C1CCCCC1O. The highest BCUT2D eigenvalue weighted by Gasteiger charge is 2.25. The van der Waals surface area contributed by atoms with Gasteiger partial charge in [0.1, 0.15) is 5.82 Å². The predicted molar refractivity (Wildman–Crippen MR) is 50.2 cm³/mol. The summed E-state index contributed by atoms with van der Waals surface area (Å²) in [7, 11) is 0. The molecule has 0 spiro atoms. The zero-order valence-corrected chi connectivity index (χ0v) is 7.56. The summed E-state index contributed by atoms with van der Waals surface area (Å²) in [5.74, 6) is 0.644. The molecule has 2 atom stereocenters. The van der Waals surface area contributed by atoms with E-state index in [-0.39, 0.29) is 12.1 Å². The van der Waals surface area contributed by atoms with E-state index in [1.807, 2.05) is 0 Å². The van der Waals surface area contributed by atoms with Crippen LogP contribution in [0.4, 0.5) is 5.82 Å². The Kier molecular flexibility index (Phi) is 2.22. The maximum absolute atomic E-state index is 9.75. The molecular formula is C9H15N3O. The van der Waals surface area contributed by atoms with E-state index >= 15 is 0 Å². The highest BCUT2D eigenvalue weighted by molar-refractivity contribution is 5.27. The first-order chi connectivity index (χ1) is 6.29. The number of hydrogen-bond donors (Lipinski definition) is 2. The second-order valence-corrected chi connectivity index (χ2v) is 3.62. The molecule has 0 amide bonds. The van der Waals surface area contributed by atoms with Crippen molar-refractivity contribution in [3.05, 3.63) is 12.3 Å². The Morgan fingerprint density at radius 3 is 2.85 bits per heavy atom. The lowest BCUT2D eigenvalue weighted by atomic mass is 9.93. The summed E-state index contributed by atoms with van der Waals surface area (Å²) >= 11 is 0. The van der Waals surface area contributed by atoms with Crippen LogP contribution in [-0.2, 0) is 0 Å². The van der Waals surface area contributed by atoms with E-state index in [4.69, 9.17) is 5.73 Å². The van der Waals surface area contributed by atoms with Crippen molar-refractivity contribution in [3.8, 4) is 0 Å². The van der Waals surface area contributed by atoms with Gasteiger partial charge in [-0.3, -0.25) is 0 Å². The van der Waals surface area contributed by atoms with Gasteiger partial charge in [0.15, 0.2) is 0 Å². The second kappa shape index (κ2) is 3.38. The van der Waals surface area contributed by atoms with Gasteiger partial charge in [0.05, 0.1) is 18.3 Å². The molecule has 1 heterocycles. The van der Waals surface area contributed by atoms with Crippen molar-refractivity contribution < 1.29 is 5.11 Å². The van der Waals surface area contributed by atoms with Gasteiger partial charge < -0.3 is 10.8 Å². The van der Waals surface area contributed by atoms with Crippen molar-refractivity contribution in [3.63, 3.8) is 0 Å². The first-order valence-electron chi connectivity index (χ1n) is 4.76. The lowest BCUT2D eigenvalue weighted by Crippen LogP contribution is -2.29. The Morgan fingerprint density at radius 1 is 1.46 bits per heavy atom. The number of rotatable bonds is 1. The van der Waals surface area contributed by atoms with Crippen LogP contribution in [-0.4, -0.2) is 21.0 Å². The number of anilines is 1. The molecule has 13 heavy (non-hydrogen) atoms. The molecule has 1 fully saturated rings. The molecule has 3 N–H and O–H groups in total. The average Bonchev–Trinajstić information content (AvgIpc) is 2.52. The molecule has 4 nitrogen and oxygen atoms in total. The predicted octanol–water partition coefficient (Wildman–Crippen LogP) is 0.941. The molecule has 2 rings (SSSR count). The van der Waals surface area contributed by atoms with E-state index in [9.17, 15) is 5.11 Å². The molecule has 72 valence electrons. The quantitative estimate of drug-likeness (QED) is 0.677. The van der Waals surface area contributed by atoms with Crippen LogP contribution in [0, 0.1) is 0 Å². The smallest absolute Gasteiger partial charge is 0.122 e. The Balaban J connectivity index is 2.19. The summed E-state index contributed by atoms with van der Waals surface area (Å²) in [4.78, 5) is 0. The zero-order chi connectivity index (χ0) is 9.26. The molecule has 1 aliphatic rings. The van der Waals surface area contributed by atoms with Gasteiger partial charge in [-0.2, -0.15) is 5.10 Å². The maximum atomic E-state index is 9.75. The molecule has 1 saturated carbocycles. The lowest BCUT2D eigenvalue weighted by molar-refractivity contribution is 0.0706. The monoisotopic (exact) mass is 181 g/mol. The summed E-state index contributed by atoms with van der Waals surface area (Å²) in [6.07, 6.45) is 5.50. The average molecular weight is 181 g/mol. The van der Waals surface area contributed by atoms with Crippen molar-refractivity contribution in [2.24, 2.45) is 0 Å². The molecule has 2 unspecified atom stereocenters. The standard InChI is InChI=1S/C9H15N3O/c10-9-5-6-11-12(9)7-3-1-2-4-8(7)13/h5-8,13H,1-4,10H2. The number of aliphatic hydroxyl groups excluding tert-OH is 1. The van der Waals surface area contributed by atoms with E-state index < -0.39 is 0 Å². The van der Waals surface area contributed by atoms with Gasteiger partial charge >= 0.3 is 0 Å². The summed E-state index contributed by atoms with van der Waals surface area (Å²) in [5, 5.41) is 13.9. The topological polar surface area (TPSA) is 64.1 Å². The van der Waals surface area contributed by atoms with Crippen LogP contribution < -0.4 is 5.73 Å². The third-order valence-corrected chi connectivity index (χ3v) is 2.71. The minimum absolute atomic E-state index is 0.0868. The molecule has 4 heteroatoms. The number of hydrogen-bond acceptors (Lipinski definition) is 3. The fraction of sp³-hybridized carbons (Fsp3) is 0.667. The zero-order valence-electron chi connectivity index (χ0n) is 7.56. The first kappa shape index (κ1) is 8.56. The van der Waals surface area contributed by atoms with Crippen LogP contribution in [0.5, 0.6) is 0 Å². The van der Waals surface area contributed by atoms with Crippen molar-refractivity contribution in [1.82, 2.24) is 9.78 Å². The minimum Gasteiger partial charge on any atom is -0.391 e. The number of nitrogens with two attached hydrogens (primary N) is 1. The Labute approximate surface area is 77.4 Å². The second-order valence-electron chi connectivity index (χ2n) is 3.62. The number of aliphatic hydroxyl groups is 1. The lowest BCUT2D eigenvalue weighted by Gasteiger charge is -2.28. The summed E-state index contributed by atoms with van der Waals surface area (Å²) in [6.45, 7) is 0. The van der Waals surface area contributed by atoms with Crippen LogP contribution in [0.1, 0.15) is 31.7 Å². The van der Waals surface area contributed by atoms with Gasteiger partial charge in [0.25, 0.3) is 0 Å². The van der Waals surface area contributed by atoms with Gasteiger partial charge in [-0.25, -0.2) is 4.68 Å². The molecule has 0 aromatic carbocycles. The largest absolute Gasteiger partial charge is 0.391 e. The highest BCUT2D eigenvalue weighted by atomic mass is 16.3. The third kappa shape index (κ3) is 1.54. The summed E-state index contributed by atoms with van der Waals surface area (Å²) in [5.41, 5.74) is 5.72. The van der Waals surface area contributed by atoms with Gasteiger partial charge in [-0.05, 0) is 18.9 Å². The van der Waals surface area contributed by atoms with Crippen molar-refractivity contribution >= 4 is 5.82 Å². The Morgan fingerprint density at radius 2 is 2.23 bits per heavy atom. The molecule has 1 aromatic heterocycles. The molecule has 0 bridgehead atoms. The van der Waals surface area contributed by atoms with Gasteiger partial charge in [0, 0.05) is 0 Å². The van der Waals surface area contributed by atoms with E-state index in [2.05, 4.69) is 5.10 Å². The van der Waals surface area contributed by atoms with Gasteiger partial charge in [-0.15, -0.1) is 0 Å². The molecular weight excluding hydrogens is 166 g/mol. The van der Waals surface area contributed by atoms with Crippen LogP contribution in [0.15, 0.2) is 12.3 Å². The maximum Gasteiger partial charge on any atom is 0.122 e. The number of nitrogens with zero attached hydrogens (tertiary/aromatic N) is 2. The minimum atomic E-state index is -0.282. The van der Waals surface area contributed by atoms with Crippen molar-refractivity contribution in [2.75, 3.05) is 5.73 Å². The van der Waals surface area contributed by atoms with E-state index in [0.717, 1.165) is 25.7 Å². The van der Waals surface area contributed by atoms with Crippen LogP contribution in [0.2, 0.25) is 0 Å². The van der Waals surface area contributed by atoms with E-state index in [1.54, 1.807) is 16.9 Å². The molecule has 0 aliphatic heterocycles. The molecule has 1 aliphatic carbocycles. The Hall–Kier alpha value is -1.03. The normalized spacial score (nSPS) is 29.0. The molecule has 0 saturated heterocycles. The number of aromatic nitrogens is 2. The van der Waals surface area contributed by atoms with Gasteiger partial charge in [-0.1, -0.05) is 12.8 Å². The molecule has 1 aromatic rings. The fourth-order valence-electron chi connectivity index (χ4n) is 1.98. The summed E-state index contributed by atoms with van der Waals surface area (Å²) in [6, 6.07) is 1.85. The number of nitrogen functional groups attached to an aromatic ring is 1. The molecule has 0 radical (unpaired) electrons.